The summed E-state index contributed by atoms with van der Waals surface area (Å²) >= 11 is 0. The molecule has 28 heavy (non-hydrogen) atoms. The van der Waals surface area contributed by atoms with Crippen LogP contribution in [0.2, 0.25) is 0 Å². The summed E-state index contributed by atoms with van der Waals surface area (Å²) in [5, 5.41) is 6.53. The van der Waals surface area contributed by atoms with Gasteiger partial charge in [-0.1, -0.05) is 38.1 Å². The summed E-state index contributed by atoms with van der Waals surface area (Å²) in [6.45, 7) is 7.35. The Morgan fingerprint density at radius 1 is 1.29 bits per heavy atom. The van der Waals surface area contributed by atoms with E-state index in [-0.39, 0.29) is 30.1 Å². The minimum atomic E-state index is -0.397. The lowest BCUT2D eigenvalue weighted by Crippen LogP contribution is -2.54. The molecular weight excluding hydrogens is 374 g/mol. The smallest absolute Gasteiger partial charge is 0.243 e. The van der Waals surface area contributed by atoms with Crippen LogP contribution in [0.25, 0.3) is 0 Å². The van der Waals surface area contributed by atoms with Gasteiger partial charge in [-0.2, -0.15) is 0 Å². The quantitative estimate of drug-likeness (QED) is 0.762. The second-order valence-electron chi connectivity index (χ2n) is 8.06. The minimum absolute atomic E-state index is 0. The molecule has 2 aliphatic heterocycles. The summed E-state index contributed by atoms with van der Waals surface area (Å²) in [6, 6.07) is 7.76. The van der Waals surface area contributed by atoms with Crippen LogP contribution in [0.3, 0.4) is 0 Å². The highest BCUT2D eigenvalue weighted by atomic mass is 35.5. The van der Waals surface area contributed by atoms with Crippen LogP contribution in [0.4, 0.5) is 0 Å². The monoisotopic (exact) mass is 407 g/mol. The van der Waals surface area contributed by atoms with Gasteiger partial charge in [-0.25, -0.2) is 0 Å². The van der Waals surface area contributed by atoms with E-state index in [1.54, 1.807) is 4.90 Å². The maximum absolute atomic E-state index is 13.0. The van der Waals surface area contributed by atoms with Crippen molar-refractivity contribution in [3.05, 3.63) is 35.4 Å². The van der Waals surface area contributed by atoms with Crippen molar-refractivity contribution in [1.82, 2.24) is 15.5 Å². The third-order valence-electron chi connectivity index (χ3n) is 6.12. The highest BCUT2D eigenvalue weighted by Gasteiger charge is 2.35. The van der Waals surface area contributed by atoms with Crippen LogP contribution in [0.5, 0.6) is 0 Å². The Morgan fingerprint density at radius 3 is 2.71 bits per heavy atom. The second kappa shape index (κ2) is 10.8. The number of halogens is 1. The molecule has 2 aliphatic rings. The van der Waals surface area contributed by atoms with E-state index in [9.17, 15) is 9.59 Å². The average Bonchev–Trinajstić information content (AvgIpc) is 2.72. The van der Waals surface area contributed by atoms with Gasteiger partial charge in [0.2, 0.25) is 11.8 Å². The van der Waals surface area contributed by atoms with Crippen LogP contribution >= 0.6 is 12.4 Å². The lowest BCUT2D eigenvalue weighted by Gasteiger charge is -2.37. The highest BCUT2D eigenvalue weighted by molar-refractivity contribution is 5.89. The molecule has 3 atom stereocenters. The third-order valence-corrected chi connectivity index (χ3v) is 6.12. The minimum Gasteiger partial charge on any atom is -0.354 e. The fourth-order valence-corrected chi connectivity index (χ4v) is 4.13. The highest BCUT2D eigenvalue weighted by Crippen LogP contribution is 2.25. The topological polar surface area (TPSA) is 61.4 Å². The first-order valence-electron chi connectivity index (χ1n) is 10.5. The van der Waals surface area contributed by atoms with Gasteiger partial charge >= 0.3 is 0 Å². The van der Waals surface area contributed by atoms with Crippen molar-refractivity contribution in [2.45, 2.75) is 58.5 Å². The number of carbonyl (C=O) groups is 2. The van der Waals surface area contributed by atoms with Crippen molar-refractivity contribution in [2.24, 2.45) is 11.8 Å². The van der Waals surface area contributed by atoms with Gasteiger partial charge in [0.05, 0.1) is 0 Å². The maximum atomic E-state index is 13.0. The van der Waals surface area contributed by atoms with E-state index in [4.69, 9.17) is 0 Å². The van der Waals surface area contributed by atoms with Crippen molar-refractivity contribution < 1.29 is 9.59 Å². The van der Waals surface area contributed by atoms with E-state index in [1.165, 1.54) is 18.4 Å². The van der Waals surface area contributed by atoms with Gasteiger partial charge in [0, 0.05) is 25.4 Å². The first-order chi connectivity index (χ1) is 13.1. The van der Waals surface area contributed by atoms with Crippen LogP contribution in [0.15, 0.2) is 24.3 Å². The fourth-order valence-electron chi connectivity index (χ4n) is 4.13. The lowest BCUT2D eigenvalue weighted by molar-refractivity contribution is -0.144. The number of nitrogens with one attached hydrogen (secondary N) is 2. The summed E-state index contributed by atoms with van der Waals surface area (Å²) in [5.74, 6) is 0.663. The predicted octanol–water partition coefficient (Wildman–Crippen LogP) is 2.91. The van der Waals surface area contributed by atoms with Crippen molar-refractivity contribution in [1.29, 1.82) is 0 Å². The zero-order chi connectivity index (χ0) is 19.2. The fraction of sp³-hybridized carbons (Fsp3) is 0.636. The zero-order valence-electron chi connectivity index (χ0n) is 17.1. The summed E-state index contributed by atoms with van der Waals surface area (Å²) in [5.41, 5.74) is 2.34. The number of amides is 2. The molecule has 0 bridgehead atoms. The van der Waals surface area contributed by atoms with E-state index in [1.807, 2.05) is 26.0 Å². The van der Waals surface area contributed by atoms with E-state index < -0.39 is 6.04 Å². The van der Waals surface area contributed by atoms with Crippen LogP contribution in [-0.4, -0.2) is 42.4 Å². The van der Waals surface area contributed by atoms with Crippen molar-refractivity contribution >= 4 is 24.2 Å². The number of fused-ring (bicyclic) bond motifs is 1. The number of piperidine rings is 1. The number of carbonyl (C=O) groups excluding carboxylic acids is 2. The van der Waals surface area contributed by atoms with Crippen LogP contribution in [-0.2, 0) is 22.6 Å². The Balaban J connectivity index is 0.00000280. The van der Waals surface area contributed by atoms with Crippen LogP contribution in [0, 0.1) is 11.8 Å². The Bertz CT molecular complexity index is 661. The predicted molar refractivity (Wildman–Crippen MR) is 114 cm³/mol. The largest absolute Gasteiger partial charge is 0.354 e. The van der Waals surface area contributed by atoms with Gasteiger partial charge in [-0.05, 0) is 55.8 Å². The van der Waals surface area contributed by atoms with E-state index >= 15 is 0 Å². The Morgan fingerprint density at radius 2 is 2.04 bits per heavy atom. The molecule has 156 valence electrons. The molecule has 5 nitrogen and oxygen atoms in total. The van der Waals surface area contributed by atoms with E-state index in [2.05, 4.69) is 22.8 Å². The molecule has 0 aromatic heterocycles. The summed E-state index contributed by atoms with van der Waals surface area (Å²) in [4.78, 5) is 27.7. The molecule has 3 rings (SSSR count). The molecule has 0 aliphatic carbocycles. The molecular formula is C22H34ClN3O2. The number of nitrogens with zero attached hydrogens (tertiary/aromatic N) is 1. The van der Waals surface area contributed by atoms with Gasteiger partial charge < -0.3 is 15.5 Å². The first kappa shape index (κ1) is 22.7. The molecule has 0 saturated carbocycles. The van der Waals surface area contributed by atoms with Gasteiger partial charge in [0.1, 0.15) is 6.04 Å². The maximum Gasteiger partial charge on any atom is 0.243 e. The molecule has 1 saturated heterocycles. The lowest BCUT2D eigenvalue weighted by atomic mass is 9.91. The Hall–Kier alpha value is -1.59. The molecule has 2 N–H and O–H groups in total. The van der Waals surface area contributed by atoms with E-state index in [0.717, 1.165) is 31.5 Å². The number of hydrogen-bond acceptors (Lipinski definition) is 3. The van der Waals surface area contributed by atoms with Gasteiger partial charge in [0.25, 0.3) is 0 Å². The van der Waals surface area contributed by atoms with Crippen molar-refractivity contribution in [2.75, 3.05) is 19.6 Å². The SMILES string of the molecule is CCC(C)C(=O)N1Cc2ccccc2CC1C(=O)NCCC1CCCNC1.Cl. The zero-order valence-corrected chi connectivity index (χ0v) is 17.9. The summed E-state index contributed by atoms with van der Waals surface area (Å²) < 4.78 is 0. The van der Waals surface area contributed by atoms with E-state index in [0.29, 0.717) is 25.4 Å². The summed E-state index contributed by atoms with van der Waals surface area (Å²) in [6.07, 6.45) is 4.85. The molecule has 3 unspecified atom stereocenters. The van der Waals surface area contributed by atoms with Crippen LogP contribution < -0.4 is 10.6 Å². The Labute approximate surface area is 175 Å². The molecule has 0 spiro atoms. The Kier molecular flexibility index (Phi) is 8.77. The molecule has 1 fully saturated rings. The molecule has 1 aromatic carbocycles. The van der Waals surface area contributed by atoms with Gasteiger partial charge in [-0.15, -0.1) is 12.4 Å². The molecule has 2 amide bonds. The normalized spacial score (nSPS) is 22.6. The number of rotatable bonds is 6. The van der Waals surface area contributed by atoms with Crippen molar-refractivity contribution in [3.63, 3.8) is 0 Å². The molecule has 0 radical (unpaired) electrons. The third kappa shape index (κ3) is 5.48. The van der Waals surface area contributed by atoms with Gasteiger partial charge in [0.15, 0.2) is 0 Å². The molecule has 2 heterocycles. The summed E-state index contributed by atoms with van der Waals surface area (Å²) in [7, 11) is 0. The average molecular weight is 408 g/mol. The first-order valence-corrected chi connectivity index (χ1v) is 10.5. The molecule has 6 heteroatoms. The van der Waals surface area contributed by atoms with Crippen molar-refractivity contribution in [3.8, 4) is 0 Å². The van der Waals surface area contributed by atoms with Gasteiger partial charge in [-0.3, -0.25) is 9.59 Å². The van der Waals surface area contributed by atoms with Crippen LogP contribution in [0.1, 0.15) is 50.7 Å². The second-order valence-corrected chi connectivity index (χ2v) is 8.06. The number of benzene rings is 1. The standard InChI is InChI=1S/C22H33N3O2.ClH/c1-3-16(2)22(27)25-15-19-9-5-4-8-18(19)13-20(25)21(26)24-12-10-17-7-6-11-23-14-17;/h4-5,8-9,16-17,20,23H,3,6-7,10-15H2,1-2H3,(H,24,26);1H. The molecule has 1 aromatic rings. The number of hydrogen-bond donors (Lipinski definition) is 2.